The number of anilines is 1. The molecule has 0 saturated heterocycles. The van der Waals surface area contributed by atoms with Gasteiger partial charge in [0.15, 0.2) is 0 Å². The molecule has 0 spiro atoms. The fourth-order valence-electron chi connectivity index (χ4n) is 1.79. The van der Waals surface area contributed by atoms with E-state index >= 15 is 0 Å². The first-order valence-electron chi connectivity index (χ1n) is 4.90. The van der Waals surface area contributed by atoms with E-state index in [1.807, 2.05) is 24.5 Å². The van der Waals surface area contributed by atoms with Crippen molar-refractivity contribution in [2.24, 2.45) is 0 Å². The second kappa shape index (κ2) is 3.83. The number of nitrogens with two attached hydrogens (primary N) is 1. The van der Waals surface area contributed by atoms with Gasteiger partial charge in [-0.15, -0.1) is 0 Å². The molecule has 0 bridgehead atoms. The maximum Gasteiger partial charge on any atom is 0.146 e. The fraction of sp³-hybridized carbons (Fsp3) is 0.167. The molecule has 1 aromatic carbocycles. The van der Waals surface area contributed by atoms with Crippen LogP contribution in [0.2, 0.25) is 5.02 Å². The van der Waals surface area contributed by atoms with Crippen molar-refractivity contribution in [3.8, 4) is 5.69 Å². The van der Waals surface area contributed by atoms with Gasteiger partial charge < -0.3 is 10.3 Å². The van der Waals surface area contributed by atoms with Crippen molar-refractivity contribution in [3.63, 3.8) is 0 Å². The van der Waals surface area contributed by atoms with Gasteiger partial charge in [-0.25, -0.2) is 4.39 Å². The molecule has 0 atom stereocenters. The molecular formula is C12H12ClFN2. The highest BCUT2D eigenvalue weighted by Gasteiger charge is 2.10. The lowest BCUT2D eigenvalue weighted by molar-refractivity contribution is 0.632. The zero-order valence-electron chi connectivity index (χ0n) is 9.09. The van der Waals surface area contributed by atoms with Crippen molar-refractivity contribution in [1.29, 1.82) is 0 Å². The number of benzene rings is 1. The highest BCUT2D eigenvalue weighted by atomic mass is 35.5. The van der Waals surface area contributed by atoms with Crippen LogP contribution in [-0.4, -0.2) is 4.57 Å². The second-order valence-electron chi connectivity index (χ2n) is 3.76. The Hall–Kier alpha value is -1.48. The second-order valence-corrected chi connectivity index (χ2v) is 4.17. The summed E-state index contributed by atoms with van der Waals surface area (Å²) < 4.78 is 15.0. The minimum atomic E-state index is -0.405. The first-order valence-corrected chi connectivity index (χ1v) is 5.28. The van der Waals surface area contributed by atoms with E-state index in [9.17, 15) is 4.39 Å². The van der Waals surface area contributed by atoms with Crippen molar-refractivity contribution < 1.29 is 4.39 Å². The first-order chi connectivity index (χ1) is 7.50. The molecule has 2 rings (SSSR count). The number of aryl methyl sites for hydroxylation is 1. The molecule has 1 heterocycles. The molecular weight excluding hydrogens is 227 g/mol. The smallest absolute Gasteiger partial charge is 0.146 e. The number of hydrogen-bond acceptors (Lipinski definition) is 1. The topological polar surface area (TPSA) is 30.9 Å². The average Bonchev–Trinajstić information content (AvgIpc) is 2.47. The third kappa shape index (κ3) is 1.67. The van der Waals surface area contributed by atoms with Gasteiger partial charge in [-0.1, -0.05) is 11.6 Å². The fourth-order valence-corrected chi connectivity index (χ4v) is 2.03. The van der Waals surface area contributed by atoms with Gasteiger partial charge >= 0.3 is 0 Å². The molecule has 84 valence electrons. The molecule has 2 aromatic rings. The van der Waals surface area contributed by atoms with E-state index in [0.717, 1.165) is 17.1 Å². The summed E-state index contributed by atoms with van der Waals surface area (Å²) in [5.41, 5.74) is 8.42. The zero-order valence-corrected chi connectivity index (χ0v) is 9.85. The number of hydrogen-bond donors (Lipinski definition) is 1. The number of rotatable bonds is 1. The minimum Gasteiger partial charge on any atom is -0.396 e. The summed E-state index contributed by atoms with van der Waals surface area (Å²) in [5.74, 6) is -0.405. The van der Waals surface area contributed by atoms with Gasteiger partial charge in [-0.3, -0.25) is 0 Å². The molecule has 0 unspecified atom stereocenters. The number of halogens is 2. The lowest BCUT2D eigenvalue weighted by Crippen LogP contribution is -2.01. The highest BCUT2D eigenvalue weighted by molar-refractivity contribution is 6.31. The van der Waals surface area contributed by atoms with E-state index in [1.165, 1.54) is 6.07 Å². The Kier molecular flexibility index (Phi) is 2.64. The first kappa shape index (κ1) is 11.0. The summed E-state index contributed by atoms with van der Waals surface area (Å²) in [6, 6.07) is 6.52. The van der Waals surface area contributed by atoms with Gasteiger partial charge in [0.2, 0.25) is 0 Å². The summed E-state index contributed by atoms with van der Waals surface area (Å²) in [4.78, 5) is 0. The van der Waals surface area contributed by atoms with Crippen LogP contribution in [0.3, 0.4) is 0 Å². The summed E-state index contributed by atoms with van der Waals surface area (Å²) in [6.45, 7) is 3.85. The van der Waals surface area contributed by atoms with E-state index in [4.69, 9.17) is 17.3 Å². The molecule has 2 N–H and O–H groups in total. The molecule has 0 saturated carbocycles. The standard InChI is InChI=1S/C12H12ClFN2/c1-7-5-10(13)8(2)16(7)9-3-4-11(14)12(15)6-9/h3-6H,15H2,1-2H3. The maximum atomic E-state index is 13.1. The summed E-state index contributed by atoms with van der Waals surface area (Å²) in [7, 11) is 0. The molecule has 0 aliphatic carbocycles. The normalized spacial score (nSPS) is 10.8. The van der Waals surface area contributed by atoms with E-state index in [-0.39, 0.29) is 5.69 Å². The van der Waals surface area contributed by atoms with Crippen molar-refractivity contribution in [1.82, 2.24) is 4.57 Å². The van der Waals surface area contributed by atoms with Crippen LogP contribution in [0.4, 0.5) is 10.1 Å². The Morgan fingerprint density at radius 3 is 2.44 bits per heavy atom. The van der Waals surface area contributed by atoms with Gasteiger partial charge in [-0.2, -0.15) is 0 Å². The predicted octanol–water partition coefficient (Wildman–Crippen LogP) is 3.47. The Balaban J connectivity index is 2.63. The van der Waals surface area contributed by atoms with Crippen LogP contribution < -0.4 is 5.73 Å². The van der Waals surface area contributed by atoms with Crippen LogP contribution in [0.15, 0.2) is 24.3 Å². The van der Waals surface area contributed by atoms with Gasteiger partial charge in [0.05, 0.1) is 10.7 Å². The van der Waals surface area contributed by atoms with Crippen LogP contribution in [0, 0.1) is 19.7 Å². The van der Waals surface area contributed by atoms with Crippen LogP contribution in [0.1, 0.15) is 11.4 Å². The quantitative estimate of drug-likeness (QED) is 0.758. The van der Waals surface area contributed by atoms with E-state index in [1.54, 1.807) is 12.1 Å². The van der Waals surface area contributed by atoms with Crippen molar-refractivity contribution in [3.05, 3.63) is 46.5 Å². The van der Waals surface area contributed by atoms with Crippen LogP contribution >= 0.6 is 11.6 Å². The van der Waals surface area contributed by atoms with Crippen molar-refractivity contribution >= 4 is 17.3 Å². The maximum absolute atomic E-state index is 13.1. The molecule has 0 aliphatic rings. The van der Waals surface area contributed by atoms with Crippen LogP contribution in [0.5, 0.6) is 0 Å². The zero-order chi connectivity index (χ0) is 11.9. The van der Waals surface area contributed by atoms with Crippen LogP contribution in [-0.2, 0) is 0 Å². The van der Waals surface area contributed by atoms with Crippen molar-refractivity contribution in [2.75, 3.05) is 5.73 Å². The molecule has 1 aromatic heterocycles. The molecule has 2 nitrogen and oxygen atoms in total. The Bertz CT molecular complexity index is 546. The lowest BCUT2D eigenvalue weighted by Gasteiger charge is -2.10. The van der Waals surface area contributed by atoms with Gasteiger partial charge in [0, 0.05) is 17.1 Å². The average molecular weight is 239 g/mol. The monoisotopic (exact) mass is 238 g/mol. The van der Waals surface area contributed by atoms with E-state index in [0.29, 0.717) is 5.02 Å². The number of nitrogen functional groups attached to an aromatic ring is 1. The summed E-state index contributed by atoms with van der Waals surface area (Å²) in [6.07, 6.45) is 0. The summed E-state index contributed by atoms with van der Waals surface area (Å²) in [5, 5.41) is 0.695. The molecule has 0 amide bonds. The molecule has 0 radical (unpaired) electrons. The Morgan fingerprint density at radius 1 is 1.25 bits per heavy atom. The molecule has 0 aliphatic heterocycles. The molecule has 16 heavy (non-hydrogen) atoms. The number of nitrogens with zero attached hydrogens (tertiary/aromatic N) is 1. The highest BCUT2D eigenvalue weighted by Crippen LogP contribution is 2.25. The number of aromatic nitrogens is 1. The molecule has 0 fully saturated rings. The Labute approximate surface area is 98.4 Å². The molecule has 4 heteroatoms. The van der Waals surface area contributed by atoms with Crippen molar-refractivity contribution in [2.45, 2.75) is 13.8 Å². The third-order valence-electron chi connectivity index (χ3n) is 2.61. The Morgan fingerprint density at radius 2 is 1.94 bits per heavy atom. The van der Waals surface area contributed by atoms with Gasteiger partial charge in [0.25, 0.3) is 0 Å². The minimum absolute atomic E-state index is 0.140. The SMILES string of the molecule is Cc1cc(Cl)c(C)n1-c1ccc(F)c(N)c1. The van der Waals surface area contributed by atoms with Crippen LogP contribution in [0.25, 0.3) is 5.69 Å². The summed E-state index contributed by atoms with van der Waals surface area (Å²) >= 11 is 6.03. The predicted molar refractivity (Wildman–Crippen MR) is 64.6 cm³/mol. The van der Waals surface area contributed by atoms with E-state index < -0.39 is 5.82 Å². The third-order valence-corrected chi connectivity index (χ3v) is 2.99. The lowest BCUT2D eigenvalue weighted by atomic mass is 10.2. The van der Waals surface area contributed by atoms with E-state index in [2.05, 4.69) is 0 Å². The largest absolute Gasteiger partial charge is 0.396 e. The van der Waals surface area contributed by atoms with Gasteiger partial charge in [0.1, 0.15) is 5.82 Å². The van der Waals surface area contributed by atoms with Gasteiger partial charge in [-0.05, 0) is 38.1 Å².